The van der Waals surface area contributed by atoms with E-state index < -0.39 is 28.4 Å². The zero-order valence-electron chi connectivity index (χ0n) is 18.8. The molecule has 35 heavy (non-hydrogen) atoms. The lowest BCUT2D eigenvalue weighted by atomic mass is 10.1. The number of hydrogen-bond acceptors (Lipinski definition) is 9. The number of hydrogen-bond donors (Lipinski definition) is 2. The Labute approximate surface area is 210 Å². The van der Waals surface area contributed by atoms with Crippen LogP contribution in [0, 0.1) is 13.8 Å². The summed E-state index contributed by atoms with van der Waals surface area (Å²) in [6.07, 6.45) is 0.259. The molecule has 0 bridgehead atoms. The van der Waals surface area contributed by atoms with Gasteiger partial charge in [0, 0.05) is 17.9 Å². The molecule has 0 saturated heterocycles. The first-order valence-electron chi connectivity index (χ1n) is 10.4. The average Bonchev–Trinajstić information content (AvgIpc) is 3.32. The smallest absolute Gasteiger partial charge is 0.269 e. The van der Waals surface area contributed by atoms with E-state index in [0.717, 1.165) is 28.2 Å². The zero-order valence-corrected chi connectivity index (χ0v) is 21.2. The molecule has 0 radical (unpaired) electrons. The van der Waals surface area contributed by atoms with E-state index in [9.17, 15) is 22.8 Å². The number of nitrogens with one attached hydrogen (secondary N) is 2. The molecule has 0 unspecified atom stereocenters. The van der Waals surface area contributed by atoms with Crippen LogP contribution >= 0.6 is 23.1 Å². The zero-order chi connectivity index (χ0) is 25.2. The molecule has 0 fully saturated rings. The Morgan fingerprint density at radius 2 is 1.83 bits per heavy atom. The molecule has 0 aliphatic carbocycles. The quantitative estimate of drug-likeness (QED) is 0.334. The molecule has 0 spiro atoms. The molecule has 10 nitrogen and oxygen atoms in total. The van der Waals surface area contributed by atoms with Crippen LogP contribution in [0.3, 0.4) is 0 Å². The monoisotopic (exact) mass is 531 g/mol. The number of carbonyl (C=O) groups excluding carboxylic acids is 3. The Morgan fingerprint density at radius 1 is 1.06 bits per heavy atom. The number of benzene rings is 2. The second-order valence-corrected chi connectivity index (χ2v) is 11.8. The van der Waals surface area contributed by atoms with E-state index in [0.29, 0.717) is 14.4 Å². The molecule has 1 aliphatic rings. The number of aromatic nitrogens is 2. The maximum absolute atomic E-state index is 12.6. The van der Waals surface area contributed by atoms with Gasteiger partial charge < -0.3 is 5.32 Å². The molecule has 13 heteroatoms. The van der Waals surface area contributed by atoms with E-state index in [2.05, 4.69) is 20.8 Å². The minimum Gasteiger partial charge on any atom is -0.326 e. The topological polar surface area (TPSA) is 138 Å². The molecular weight excluding hydrogens is 510 g/mol. The highest BCUT2D eigenvalue weighted by molar-refractivity contribution is 8.01. The van der Waals surface area contributed by atoms with E-state index in [1.54, 1.807) is 6.07 Å². The SMILES string of the molecule is Cc1ccc(C)c(NC(=O)CCSc2nnc(NC(=O)CN3C(=O)c4ccccc4S3(=O)=O)s2)c1. The summed E-state index contributed by atoms with van der Waals surface area (Å²) >= 11 is 2.40. The molecule has 3 amide bonds. The van der Waals surface area contributed by atoms with Crippen molar-refractivity contribution >= 4 is 61.7 Å². The number of aryl methyl sites for hydroxylation is 2. The Hall–Kier alpha value is -3.29. The third-order valence-electron chi connectivity index (χ3n) is 5.07. The van der Waals surface area contributed by atoms with Crippen LogP contribution in [0.15, 0.2) is 51.7 Å². The van der Waals surface area contributed by atoms with Gasteiger partial charge in [0.1, 0.15) is 11.4 Å². The number of thioether (sulfide) groups is 1. The molecule has 3 aromatic rings. The van der Waals surface area contributed by atoms with Crippen LogP contribution in [0.4, 0.5) is 10.8 Å². The van der Waals surface area contributed by atoms with Crippen molar-refractivity contribution < 1.29 is 22.8 Å². The number of anilines is 2. The maximum atomic E-state index is 12.6. The highest BCUT2D eigenvalue weighted by Gasteiger charge is 2.41. The van der Waals surface area contributed by atoms with Gasteiger partial charge in [0.15, 0.2) is 4.34 Å². The third-order valence-corrected chi connectivity index (χ3v) is 8.83. The van der Waals surface area contributed by atoms with Gasteiger partial charge in [-0.05, 0) is 43.2 Å². The van der Waals surface area contributed by atoms with Gasteiger partial charge >= 0.3 is 0 Å². The summed E-state index contributed by atoms with van der Waals surface area (Å²) in [6.45, 7) is 3.21. The van der Waals surface area contributed by atoms with Crippen molar-refractivity contribution in [1.82, 2.24) is 14.5 Å². The largest absolute Gasteiger partial charge is 0.326 e. The van der Waals surface area contributed by atoms with Gasteiger partial charge in [-0.2, -0.15) is 0 Å². The number of nitrogens with zero attached hydrogens (tertiary/aromatic N) is 3. The van der Waals surface area contributed by atoms with Crippen molar-refractivity contribution in [3.05, 3.63) is 59.2 Å². The number of fused-ring (bicyclic) bond motifs is 1. The first-order valence-corrected chi connectivity index (χ1v) is 13.7. The van der Waals surface area contributed by atoms with Gasteiger partial charge in [0.25, 0.3) is 15.9 Å². The van der Waals surface area contributed by atoms with E-state index in [1.807, 2.05) is 32.0 Å². The number of amides is 3. The standard InChI is InChI=1S/C22H21N5O5S3/c1-13-7-8-14(2)16(11-13)23-18(28)9-10-33-22-26-25-21(34-22)24-19(29)12-27-20(30)15-5-3-4-6-17(15)35(27,31)32/h3-8,11H,9-10,12H2,1-2H3,(H,23,28)(H,24,25,29). The highest BCUT2D eigenvalue weighted by atomic mass is 32.2. The van der Waals surface area contributed by atoms with Crippen LogP contribution in [0.25, 0.3) is 0 Å². The fraction of sp³-hybridized carbons (Fsp3) is 0.227. The molecule has 1 aliphatic heterocycles. The van der Waals surface area contributed by atoms with Gasteiger partial charge in [-0.1, -0.05) is 47.4 Å². The fourth-order valence-corrected chi connectivity index (χ4v) is 6.61. The third kappa shape index (κ3) is 5.52. The average molecular weight is 532 g/mol. The van der Waals surface area contributed by atoms with Gasteiger partial charge in [0.2, 0.25) is 16.9 Å². The van der Waals surface area contributed by atoms with Crippen LogP contribution in [0.1, 0.15) is 27.9 Å². The van der Waals surface area contributed by atoms with E-state index in [1.165, 1.54) is 30.0 Å². The fourth-order valence-electron chi connectivity index (χ4n) is 3.31. The van der Waals surface area contributed by atoms with Crippen LogP contribution in [-0.2, 0) is 19.6 Å². The lowest BCUT2D eigenvalue weighted by Gasteiger charge is -2.13. The normalized spacial score (nSPS) is 14.0. The molecule has 4 rings (SSSR count). The van der Waals surface area contributed by atoms with Crippen LogP contribution < -0.4 is 10.6 Å². The Kier molecular flexibility index (Phi) is 7.19. The van der Waals surface area contributed by atoms with Crippen LogP contribution in [-0.4, -0.2) is 52.9 Å². The predicted molar refractivity (Wildman–Crippen MR) is 133 cm³/mol. The summed E-state index contributed by atoms with van der Waals surface area (Å²) in [7, 11) is -4.08. The summed E-state index contributed by atoms with van der Waals surface area (Å²) in [5, 5.41) is 13.4. The van der Waals surface area contributed by atoms with Crippen molar-refractivity contribution in [3.8, 4) is 0 Å². The minimum atomic E-state index is -4.08. The number of sulfonamides is 1. The summed E-state index contributed by atoms with van der Waals surface area (Å²) in [5.74, 6) is -1.13. The molecule has 2 aromatic carbocycles. The molecule has 0 atom stereocenters. The number of rotatable bonds is 8. The minimum absolute atomic E-state index is 0.0384. The maximum Gasteiger partial charge on any atom is 0.269 e. The van der Waals surface area contributed by atoms with Gasteiger partial charge in [0.05, 0.1) is 5.56 Å². The summed E-state index contributed by atoms with van der Waals surface area (Å²) < 4.78 is 26.2. The summed E-state index contributed by atoms with van der Waals surface area (Å²) in [4.78, 5) is 37.0. The van der Waals surface area contributed by atoms with Gasteiger partial charge in [-0.15, -0.1) is 10.2 Å². The first-order chi connectivity index (χ1) is 16.6. The van der Waals surface area contributed by atoms with E-state index in [-0.39, 0.29) is 27.9 Å². The highest BCUT2D eigenvalue weighted by Crippen LogP contribution is 2.30. The molecule has 1 aromatic heterocycles. The lowest BCUT2D eigenvalue weighted by molar-refractivity contribution is -0.116. The lowest BCUT2D eigenvalue weighted by Crippen LogP contribution is -2.37. The van der Waals surface area contributed by atoms with E-state index >= 15 is 0 Å². The Morgan fingerprint density at radius 3 is 2.60 bits per heavy atom. The van der Waals surface area contributed by atoms with Crippen LogP contribution in [0.2, 0.25) is 0 Å². The Balaban J connectivity index is 1.27. The van der Waals surface area contributed by atoms with Crippen LogP contribution in [0.5, 0.6) is 0 Å². The predicted octanol–water partition coefficient (Wildman–Crippen LogP) is 3.06. The van der Waals surface area contributed by atoms with Crippen molar-refractivity contribution in [2.75, 3.05) is 22.9 Å². The number of carbonyl (C=O) groups is 3. The molecule has 2 heterocycles. The van der Waals surface area contributed by atoms with E-state index in [4.69, 9.17) is 0 Å². The molecule has 0 saturated carbocycles. The van der Waals surface area contributed by atoms with Crippen molar-refractivity contribution in [3.63, 3.8) is 0 Å². The first kappa shape index (κ1) is 24.8. The Bertz CT molecular complexity index is 1420. The molecule has 182 valence electrons. The molecule has 2 N–H and O–H groups in total. The second-order valence-electron chi connectivity index (χ2n) is 7.70. The van der Waals surface area contributed by atoms with Gasteiger partial charge in [-0.25, -0.2) is 12.7 Å². The van der Waals surface area contributed by atoms with Crippen molar-refractivity contribution in [1.29, 1.82) is 0 Å². The summed E-state index contributed by atoms with van der Waals surface area (Å²) in [6, 6.07) is 11.7. The molecular formula is C22H21N5O5S3. The van der Waals surface area contributed by atoms with Gasteiger partial charge in [-0.3, -0.25) is 19.7 Å². The summed E-state index contributed by atoms with van der Waals surface area (Å²) in [5.41, 5.74) is 2.85. The second kappa shape index (κ2) is 10.1. The van der Waals surface area contributed by atoms with Crippen molar-refractivity contribution in [2.45, 2.75) is 29.5 Å². The van der Waals surface area contributed by atoms with Crippen molar-refractivity contribution in [2.24, 2.45) is 0 Å².